The maximum Gasteiger partial charge on any atom is 0.257 e. The number of piperidine rings is 1. The fraction of sp³-hybridized carbons (Fsp3) is 0.643. The Balaban J connectivity index is 1.90. The van der Waals surface area contributed by atoms with E-state index < -0.39 is 33.6 Å². The number of halogens is 3. The van der Waals surface area contributed by atoms with E-state index in [1.165, 1.54) is 23.2 Å². The van der Waals surface area contributed by atoms with Crippen LogP contribution in [0.15, 0.2) is 18.3 Å². The molecule has 0 amide bonds. The maximum absolute atomic E-state index is 14.6. The van der Waals surface area contributed by atoms with Crippen molar-refractivity contribution in [3.8, 4) is 0 Å². The first kappa shape index (κ1) is 16.5. The third-order valence-corrected chi connectivity index (χ3v) is 6.04. The van der Waals surface area contributed by atoms with E-state index in [4.69, 9.17) is 0 Å². The Labute approximate surface area is 133 Å². The van der Waals surface area contributed by atoms with Crippen LogP contribution in [0.1, 0.15) is 12.8 Å². The van der Waals surface area contributed by atoms with Gasteiger partial charge in [0.25, 0.3) is 5.92 Å². The molecule has 2 aliphatic heterocycles. The molecule has 0 saturated carbocycles. The van der Waals surface area contributed by atoms with Crippen LogP contribution in [0.4, 0.5) is 19.0 Å². The minimum Gasteiger partial charge on any atom is -0.353 e. The van der Waals surface area contributed by atoms with Gasteiger partial charge in [-0.2, -0.15) is 0 Å². The molecule has 0 aliphatic carbocycles. The molecule has 1 spiro atoms. The van der Waals surface area contributed by atoms with Crippen molar-refractivity contribution in [2.75, 3.05) is 37.3 Å². The van der Waals surface area contributed by atoms with Gasteiger partial charge in [-0.25, -0.2) is 30.9 Å². The van der Waals surface area contributed by atoms with Gasteiger partial charge in [-0.05, 0) is 18.6 Å². The lowest BCUT2D eigenvalue weighted by atomic mass is 9.76. The number of pyridine rings is 1. The summed E-state index contributed by atoms with van der Waals surface area (Å²) in [5, 5.41) is 0. The van der Waals surface area contributed by atoms with Crippen molar-refractivity contribution in [2.24, 2.45) is 5.41 Å². The van der Waals surface area contributed by atoms with Gasteiger partial charge in [-0.1, -0.05) is 0 Å². The highest BCUT2D eigenvalue weighted by Crippen LogP contribution is 2.50. The van der Waals surface area contributed by atoms with Gasteiger partial charge >= 0.3 is 0 Å². The summed E-state index contributed by atoms with van der Waals surface area (Å²) in [5.41, 5.74) is -1.50. The highest BCUT2D eigenvalue weighted by molar-refractivity contribution is 7.88. The molecular formula is C14H18F3N3O2S. The van der Waals surface area contributed by atoms with E-state index in [9.17, 15) is 21.6 Å². The fourth-order valence-electron chi connectivity index (χ4n) is 3.44. The third-order valence-electron chi connectivity index (χ3n) is 4.79. The predicted molar refractivity (Wildman–Crippen MR) is 79.4 cm³/mol. The molecular weight excluding hydrogens is 331 g/mol. The van der Waals surface area contributed by atoms with Crippen LogP contribution < -0.4 is 4.90 Å². The second kappa shape index (κ2) is 5.34. The Kier molecular flexibility index (Phi) is 3.83. The van der Waals surface area contributed by atoms with Crippen LogP contribution in [0.3, 0.4) is 0 Å². The smallest absolute Gasteiger partial charge is 0.257 e. The minimum atomic E-state index is -3.54. The number of nitrogens with zero attached hydrogens (tertiary/aromatic N) is 3. The molecule has 2 fully saturated rings. The highest BCUT2D eigenvalue weighted by Gasteiger charge is 2.60. The molecule has 128 valence electrons. The molecule has 1 aromatic heterocycles. The Morgan fingerprint density at radius 2 is 1.96 bits per heavy atom. The maximum atomic E-state index is 14.6. The highest BCUT2D eigenvalue weighted by atomic mass is 32.2. The summed E-state index contributed by atoms with van der Waals surface area (Å²) in [4.78, 5) is 5.41. The first-order chi connectivity index (χ1) is 10.6. The fourth-order valence-corrected chi connectivity index (χ4v) is 4.34. The van der Waals surface area contributed by atoms with Crippen LogP contribution in [0.5, 0.6) is 0 Å². The van der Waals surface area contributed by atoms with E-state index in [1.54, 1.807) is 0 Å². The zero-order valence-corrected chi connectivity index (χ0v) is 13.5. The van der Waals surface area contributed by atoms with E-state index in [1.807, 2.05) is 0 Å². The van der Waals surface area contributed by atoms with Crippen LogP contribution in [0.2, 0.25) is 0 Å². The van der Waals surface area contributed by atoms with Gasteiger partial charge in [0.2, 0.25) is 10.0 Å². The molecule has 2 saturated heterocycles. The predicted octanol–water partition coefficient (Wildman–Crippen LogP) is 1.72. The number of rotatable bonds is 2. The summed E-state index contributed by atoms with van der Waals surface area (Å²) in [6.07, 6.45) is 2.02. The number of aromatic nitrogens is 1. The van der Waals surface area contributed by atoms with Crippen LogP contribution >= 0.6 is 0 Å². The third kappa shape index (κ3) is 2.80. The number of alkyl halides is 2. The molecule has 9 heteroatoms. The molecule has 0 N–H and O–H groups in total. The second-order valence-corrected chi connectivity index (χ2v) is 8.29. The van der Waals surface area contributed by atoms with Crippen molar-refractivity contribution in [3.63, 3.8) is 0 Å². The van der Waals surface area contributed by atoms with Gasteiger partial charge in [0.1, 0.15) is 0 Å². The van der Waals surface area contributed by atoms with Crippen LogP contribution in [0.25, 0.3) is 0 Å². The summed E-state index contributed by atoms with van der Waals surface area (Å²) in [6, 6.07) is 2.67. The number of sulfonamides is 1. The quantitative estimate of drug-likeness (QED) is 0.816. The molecule has 5 nitrogen and oxygen atoms in total. The summed E-state index contributed by atoms with van der Waals surface area (Å²) in [5.74, 6) is -3.52. The van der Waals surface area contributed by atoms with E-state index >= 15 is 0 Å². The molecule has 2 aliphatic rings. The number of hydrogen-bond donors (Lipinski definition) is 0. The van der Waals surface area contributed by atoms with Crippen molar-refractivity contribution in [1.82, 2.24) is 9.29 Å². The molecule has 23 heavy (non-hydrogen) atoms. The Morgan fingerprint density at radius 1 is 1.22 bits per heavy atom. The first-order valence-corrected chi connectivity index (χ1v) is 9.18. The van der Waals surface area contributed by atoms with Gasteiger partial charge in [-0.3, -0.25) is 0 Å². The largest absolute Gasteiger partial charge is 0.353 e. The molecule has 1 atom stereocenters. The molecule has 1 aromatic rings. The van der Waals surface area contributed by atoms with E-state index in [0.29, 0.717) is 0 Å². The SMILES string of the molecule is CS(=O)(=O)N1CCC(F)(F)C2(CCN(c3ncccc3F)C2)C1. The number of anilines is 1. The van der Waals surface area contributed by atoms with Crippen LogP contribution in [-0.4, -0.2) is 56.1 Å². The molecule has 0 aromatic carbocycles. The van der Waals surface area contributed by atoms with E-state index in [0.717, 1.165) is 10.6 Å². The van der Waals surface area contributed by atoms with Crippen LogP contribution in [0, 0.1) is 11.2 Å². The van der Waals surface area contributed by atoms with Crippen molar-refractivity contribution < 1.29 is 21.6 Å². The lowest BCUT2D eigenvalue weighted by Crippen LogP contribution is -2.58. The van der Waals surface area contributed by atoms with Crippen molar-refractivity contribution in [2.45, 2.75) is 18.8 Å². The second-order valence-electron chi connectivity index (χ2n) is 6.31. The average molecular weight is 349 g/mol. The van der Waals surface area contributed by atoms with Gasteiger partial charge in [0.15, 0.2) is 11.6 Å². The topological polar surface area (TPSA) is 53.5 Å². The number of hydrogen-bond acceptors (Lipinski definition) is 4. The molecule has 3 heterocycles. The molecule has 0 bridgehead atoms. The molecule has 3 rings (SSSR count). The van der Waals surface area contributed by atoms with Crippen LogP contribution in [-0.2, 0) is 10.0 Å². The first-order valence-electron chi connectivity index (χ1n) is 7.33. The molecule has 0 radical (unpaired) electrons. The summed E-state index contributed by atoms with van der Waals surface area (Å²) >= 11 is 0. The zero-order valence-electron chi connectivity index (χ0n) is 12.7. The summed E-state index contributed by atoms with van der Waals surface area (Å²) in [7, 11) is -3.54. The van der Waals surface area contributed by atoms with Gasteiger partial charge in [-0.15, -0.1) is 0 Å². The monoisotopic (exact) mass is 349 g/mol. The normalized spacial score (nSPS) is 28.4. The molecule has 1 unspecified atom stereocenters. The lowest BCUT2D eigenvalue weighted by molar-refractivity contribution is -0.145. The average Bonchev–Trinajstić information content (AvgIpc) is 2.87. The van der Waals surface area contributed by atoms with E-state index in [-0.39, 0.29) is 38.4 Å². The lowest BCUT2D eigenvalue weighted by Gasteiger charge is -2.44. The zero-order chi connectivity index (χ0) is 16.9. The van der Waals surface area contributed by atoms with Gasteiger partial charge in [0, 0.05) is 38.8 Å². The summed E-state index contributed by atoms with van der Waals surface area (Å²) in [6.45, 7) is -0.323. The Morgan fingerprint density at radius 3 is 2.61 bits per heavy atom. The van der Waals surface area contributed by atoms with Gasteiger partial charge in [0.05, 0.1) is 11.7 Å². The van der Waals surface area contributed by atoms with Crippen molar-refractivity contribution >= 4 is 15.8 Å². The minimum absolute atomic E-state index is 0.0386. The van der Waals surface area contributed by atoms with Gasteiger partial charge < -0.3 is 4.90 Å². The Hall–Kier alpha value is -1.35. The van der Waals surface area contributed by atoms with E-state index in [2.05, 4.69) is 4.98 Å². The summed E-state index contributed by atoms with van der Waals surface area (Å²) < 4.78 is 67.5. The standard InChI is InChI=1S/C14H18F3N3O2S/c1-23(21,22)20-8-5-14(16,17)13(10-20)4-7-19(9-13)12-11(15)3-2-6-18-12/h2-3,6H,4-5,7-10H2,1H3. The van der Waals surface area contributed by atoms with Crippen molar-refractivity contribution in [3.05, 3.63) is 24.1 Å². The Bertz CT molecular complexity index is 713. The van der Waals surface area contributed by atoms with Crippen molar-refractivity contribution in [1.29, 1.82) is 0 Å².